The second kappa shape index (κ2) is 6.58. The molecule has 0 saturated carbocycles. The van der Waals surface area contributed by atoms with Crippen LogP contribution >= 0.6 is 0 Å². The van der Waals surface area contributed by atoms with Crippen LogP contribution in [-0.2, 0) is 16.2 Å². The number of imide groups is 1. The van der Waals surface area contributed by atoms with E-state index in [1.807, 2.05) is 0 Å². The molecule has 1 aromatic heterocycles. The molecule has 140 valence electrons. The van der Waals surface area contributed by atoms with E-state index >= 15 is 0 Å². The number of fused-ring (bicyclic) bond motifs is 1. The molecular weight excluding hydrogens is 373 g/mol. The number of hydrogen-bond donors (Lipinski definition) is 0. The van der Waals surface area contributed by atoms with Crippen LogP contribution in [0.5, 0.6) is 0 Å². The Hall–Kier alpha value is -4.08. The van der Waals surface area contributed by atoms with Gasteiger partial charge in [0.1, 0.15) is 12.4 Å². The fourth-order valence-electron chi connectivity index (χ4n) is 2.62. The maximum absolute atomic E-state index is 13.0. The Balaban J connectivity index is 1.49. The molecule has 0 unspecified atom stereocenters. The van der Waals surface area contributed by atoms with Crippen LogP contribution in [-0.4, -0.2) is 32.6 Å². The van der Waals surface area contributed by atoms with Crippen LogP contribution < -0.4 is 5.76 Å². The lowest BCUT2D eigenvalue weighted by molar-refractivity contribution is -0.169. The van der Waals surface area contributed by atoms with E-state index in [4.69, 9.17) is 9.25 Å². The second-order valence-electron chi connectivity index (χ2n) is 5.75. The molecule has 2 amide bonds. The SMILES string of the molecule is O=C(Cn1nc(-c2ccc(F)cc2)oc1=O)ON1C(=O)c2ccccc2C1=O. The Morgan fingerprint density at radius 3 is 2.21 bits per heavy atom. The van der Waals surface area contributed by atoms with Gasteiger partial charge in [0.05, 0.1) is 11.1 Å². The van der Waals surface area contributed by atoms with Gasteiger partial charge in [0.25, 0.3) is 11.8 Å². The summed E-state index contributed by atoms with van der Waals surface area (Å²) in [5, 5.41) is 4.16. The van der Waals surface area contributed by atoms with E-state index in [0.717, 1.165) is 12.1 Å². The van der Waals surface area contributed by atoms with Crippen molar-refractivity contribution in [3.63, 3.8) is 0 Å². The van der Waals surface area contributed by atoms with Gasteiger partial charge in [-0.15, -0.1) is 5.10 Å². The lowest BCUT2D eigenvalue weighted by Gasteiger charge is -2.12. The summed E-state index contributed by atoms with van der Waals surface area (Å²) in [5.41, 5.74) is 0.543. The minimum absolute atomic E-state index is 0.109. The molecule has 3 aromatic rings. The van der Waals surface area contributed by atoms with E-state index in [9.17, 15) is 23.6 Å². The summed E-state index contributed by atoms with van der Waals surface area (Å²) in [6, 6.07) is 11.0. The molecule has 0 bridgehead atoms. The predicted molar refractivity (Wildman–Crippen MR) is 89.2 cm³/mol. The van der Waals surface area contributed by atoms with E-state index in [1.165, 1.54) is 24.3 Å². The van der Waals surface area contributed by atoms with E-state index < -0.39 is 35.9 Å². The van der Waals surface area contributed by atoms with Gasteiger partial charge in [-0.1, -0.05) is 17.2 Å². The molecular formula is C18H10FN3O6. The monoisotopic (exact) mass is 383 g/mol. The first kappa shape index (κ1) is 17.3. The van der Waals surface area contributed by atoms with Crippen LogP contribution in [0.1, 0.15) is 20.7 Å². The van der Waals surface area contributed by atoms with Crippen LogP contribution in [0, 0.1) is 5.82 Å². The normalized spacial score (nSPS) is 13.0. The molecule has 0 radical (unpaired) electrons. The molecule has 2 heterocycles. The molecule has 28 heavy (non-hydrogen) atoms. The number of amides is 2. The van der Waals surface area contributed by atoms with Crippen molar-refractivity contribution in [1.29, 1.82) is 0 Å². The highest BCUT2D eigenvalue weighted by Gasteiger charge is 2.38. The first-order valence-corrected chi connectivity index (χ1v) is 7.96. The van der Waals surface area contributed by atoms with Crippen molar-refractivity contribution in [1.82, 2.24) is 14.8 Å². The third kappa shape index (κ3) is 2.96. The highest BCUT2D eigenvalue weighted by atomic mass is 19.1. The number of hydroxylamine groups is 2. The van der Waals surface area contributed by atoms with Gasteiger partial charge in [0.15, 0.2) is 0 Å². The van der Waals surface area contributed by atoms with E-state index in [0.29, 0.717) is 15.3 Å². The molecule has 10 heteroatoms. The first-order valence-electron chi connectivity index (χ1n) is 7.96. The molecule has 0 atom stereocenters. The summed E-state index contributed by atoms with van der Waals surface area (Å²) in [7, 11) is 0. The average Bonchev–Trinajstić information content (AvgIpc) is 3.16. The van der Waals surface area contributed by atoms with Crippen molar-refractivity contribution in [3.05, 3.63) is 76.0 Å². The van der Waals surface area contributed by atoms with Crippen molar-refractivity contribution in [2.24, 2.45) is 0 Å². The maximum atomic E-state index is 13.0. The molecule has 0 N–H and O–H groups in total. The van der Waals surface area contributed by atoms with Gasteiger partial charge in [-0.25, -0.2) is 14.0 Å². The van der Waals surface area contributed by atoms with Crippen molar-refractivity contribution >= 4 is 17.8 Å². The number of benzene rings is 2. The fourth-order valence-corrected chi connectivity index (χ4v) is 2.62. The van der Waals surface area contributed by atoms with Gasteiger partial charge in [0.2, 0.25) is 5.89 Å². The number of carbonyl (C=O) groups excluding carboxylic acids is 3. The Labute approximate surface area is 155 Å². The first-order chi connectivity index (χ1) is 13.4. The molecule has 9 nitrogen and oxygen atoms in total. The minimum Gasteiger partial charge on any atom is -0.388 e. The lowest BCUT2D eigenvalue weighted by Crippen LogP contribution is -2.35. The molecule has 1 aliphatic heterocycles. The molecule has 4 rings (SSSR count). The zero-order chi connectivity index (χ0) is 19.8. The van der Waals surface area contributed by atoms with Crippen molar-refractivity contribution < 1.29 is 28.0 Å². The van der Waals surface area contributed by atoms with Crippen LogP contribution in [0.3, 0.4) is 0 Å². The summed E-state index contributed by atoms with van der Waals surface area (Å²) in [6.07, 6.45) is 0. The number of hydrogen-bond acceptors (Lipinski definition) is 7. The highest BCUT2D eigenvalue weighted by molar-refractivity contribution is 6.20. The zero-order valence-electron chi connectivity index (χ0n) is 14.0. The molecule has 0 saturated heterocycles. The van der Waals surface area contributed by atoms with E-state index in [-0.39, 0.29) is 17.0 Å². The van der Waals surface area contributed by atoms with Gasteiger partial charge in [0, 0.05) is 5.56 Å². The Kier molecular flexibility index (Phi) is 4.07. The van der Waals surface area contributed by atoms with Crippen LogP contribution in [0.4, 0.5) is 4.39 Å². The second-order valence-corrected chi connectivity index (χ2v) is 5.75. The van der Waals surface area contributed by atoms with Crippen LogP contribution in [0.15, 0.2) is 57.7 Å². The number of halogens is 1. The largest absolute Gasteiger partial charge is 0.437 e. The Morgan fingerprint density at radius 1 is 1.00 bits per heavy atom. The number of carbonyl (C=O) groups is 3. The average molecular weight is 383 g/mol. The molecule has 0 fully saturated rings. The lowest BCUT2D eigenvalue weighted by atomic mass is 10.1. The summed E-state index contributed by atoms with van der Waals surface area (Å²) in [4.78, 5) is 53.1. The summed E-state index contributed by atoms with van der Waals surface area (Å²) < 4.78 is 18.6. The maximum Gasteiger partial charge on any atom is 0.437 e. The smallest absolute Gasteiger partial charge is 0.388 e. The summed E-state index contributed by atoms with van der Waals surface area (Å²) in [5.74, 6) is -4.20. The topological polar surface area (TPSA) is 112 Å². The highest BCUT2D eigenvalue weighted by Crippen LogP contribution is 2.22. The molecule has 0 aliphatic carbocycles. The predicted octanol–water partition coefficient (Wildman–Crippen LogP) is 1.40. The molecule has 2 aromatic carbocycles. The van der Waals surface area contributed by atoms with Crippen molar-refractivity contribution in [3.8, 4) is 11.5 Å². The number of aromatic nitrogens is 2. The quantitative estimate of drug-likeness (QED) is 0.626. The van der Waals surface area contributed by atoms with Gasteiger partial charge in [-0.05, 0) is 36.4 Å². The minimum atomic E-state index is -1.07. The molecule has 1 aliphatic rings. The van der Waals surface area contributed by atoms with E-state index in [1.54, 1.807) is 12.1 Å². The third-order valence-electron chi connectivity index (χ3n) is 3.93. The van der Waals surface area contributed by atoms with E-state index in [2.05, 4.69) is 5.10 Å². The van der Waals surface area contributed by atoms with Crippen LogP contribution in [0.25, 0.3) is 11.5 Å². The molecule has 0 spiro atoms. The zero-order valence-corrected chi connectivity index (χ0v) is 14.0. The fraction of sp³-hybridized carbons (Fsp3) is 0.0556. The van der Waals surface area contributed by atoms with Gasteiger partial charge in [-0.3, -0.25) is 9.59 Å². The van der Waals surface area contributed by atoms with Crippen molar-refractivity contribution in [2.75, 3.05) is 0 Å². The third-order valence-corrected chi connectivity index (χ3v) is 3.93. The van der Waals surface area contributed by atoms with Crippen molar-refractivity contribution in [2.45, 2.75) is 6.54 Å². The van der Waals surface area contributed by atoms with Gasteiger partial charge < -0.3 is 9.25 Å². The number of nitrogens with zero attached hydrogens (tertiary/aromatic N) is 3. The van der Waals surface area contributed by atoms with Gasteiger partial charge >= 0.3 is 11.7 Å². The summed E-state index contributed by atoms with van der Waals surface area (Å²) in [6.45, 7) is -0.697. The Bertz CT molecular complexity index is 1130. The number of rotatable bonds is 4. The summed E-state index contributed by atoms with van der Waals surface area (Å²) >= 11 is 0. The van der Waals surface area contributed by atoms with Crippen LogP contribution in [0.2, 0.25) is 0 Å². The van der Waals surface area contributed by atoms with Gasteiger partial charge in [-0.2, -0.15) is 4.68 Å². The standard InChI is InChI=1S/C18H10FN3O6/c19-11-7-5-10(6-8-11)15-20-21(18(26)27-15)9-14(23)28-22-16(24)12-3-1-2-4-13(12)17(22)25/h1-8H,9H2. The Morgan fingerprint density at radius 2 is 1.61 bits per heavy atom.